The van der Waals surface area contributed by atoms with Crippen molar-refractivity contribution >= 4 is 43.6 Å². The van der Waals surface area contributed by atoms with Crippen LogP contribution >= 0.6 is 11.3 Å². The van der Waals surface area contributed by atoms with Crippen LogP contribution in [0.1, 0.15) is 11.3 Å². The van der Waals surface area contributed by atoms with Crippen LogP contribution in [0.2, 0.25) is 0 Å². The predicted octanol–water partition coefficient (Wildman–Crippen LogP) is 4.21. The summed E-state index contributed by atoms with van der Waals surface area (Å²) in [6.07, 6.45) is 0. The molecule has 0 unspecified atom stereocenters. The van der Waals surface area contributed by atoms with Gasteiger partial charge in [-0.05, 0) is 37.6 Å². The van der Waals surface area contributed by atoms with Gasteiger partial charge in [-0.15, -0.1) is 11.3 Å². The van der Waals surface area contributed by atoms with E-state index in [1.54, 1.807) is 24.3 Å². The fourth-order valence-electron chi connectivity index (χ4n) is 2.53. The molecule has 1 aromatic heterocycles. The summed E-state index contributed by atoms with van der Waals surface area (Å²) >= 11 is 1.43. The summed E-state index contributed by atoms with van der Waals surface area (Å²) < 4.78 is 28.0. The predicted molar refractivity (Wildman–Crippen MR) is 105 cm³/mol. The minimum atomic E-state index is -4.14. The fraction of sp³-hybridized carbons (Fsp3) is 0.118. The highest BCUT2D eigenvalue weighted by atomic mass is 32.2. The van der Waals surface area contributed by atoms with Gasteiger partial charge in [-0.1, -0.05) is 18.2 Å². The second-order valence-corrected chi connectivity index (χ2v) is 8.26. The van der Waals surface area contributed by atoms with Gasteiger partial charge in [-0.2, -0.15) is 0 Å². The molecule has 0 spiro atoms. The number of rotatable bonds is 6. The summed E-state index contributed by atoms with van der Waals surface area (Å²) in [5.74, 6) is 0. The molecule has 27 heavy (non-hydrogen) atoms. The molecule has 0 saturated carbocycles. The van der Waals surface area contributed by atoms with Crippen molar-refractivity contribution in [2.45, 2.75) is 18.7 Å². The molecule has 0 aliphatic heterocycles. The van der Waals surface area contributed by atoms with Crippen LogP contribution in [0.25, 0.3) is 0 Å². The van der Waals surface area contributed by atoms with Gasteiger partial charge in [-0.25, -0.2) is 13.4 Å². The summed E-state index contributed by atoms with van der Waals surface area (Å²) in [5, 5.41) is 16.9. The summed E-state index contributed by atoms with van der Waals surface area (Å²) in [5.41, 5.74) is 1.64. The molecule has 0 radical (unpaired) electrons. The van der Waals surface area contributed by atoms with Crippen molar-refractivity contribution in [1.29, 1.82) is 0 Å². The molecule has 3 aromatic rings. The molecule has 0 saturated heterocycles. The van der Waals surface area contributed by atoms with Crippen LogP contribution in [0, 0.1) is 24.0 Å². The Labute approximate surface area is 160 Å². The molecule has 0 bridgehead atoms. The molecule has 0 atom stereocenters. The van der Waals surface area contributed by atoms with Gasteiger partial charge in [0.1, 0.15) is 0 Å². The van der Waals surface area contributed by atoms with E-state index in [-0.39, 0.29) is 10.6 Å². The maximum absolute atomic E-state index is 12.8. The average Bonchev–Trinajstić information content (AvgIpc) is 2.99. The van der Waals surface area contributed by atoms with Crippen molar-refractivity contribution in [3.05, 3.63) is 69.2 Å². The maximum atomic E-state index is 12.8. The molecule has 0 aliphatic carbocycles. The smallest absolute Gasteiger partial charge is 0.290 e. The van der Waals surface area contributed by atoms with Gasteiger partial charge in [0, 0.05) is 17.1 Å². The van der Waals surface area contributed by atoms with Gasteiger partial charge in [0.25, 0.3) is 15.7 Å². The number of nitrogens with zero attached hydrogens (tertiary/aromatic N) is 2. The van der Waals surface area contributed by atoms with Crippen LogP contribution < -0.4 is 10.0 Å². The number of benzene rings is 2. The third kappa shape index (κ3) is 4.23. The monoisotopic (exact) mass is 404 g/mol. The molecule has 0 aliphatic rings. The molecular weight excluding hydrogens is 388 g/mol. The quantitative estimate of drug-likeness (QED) is 0.470. The van der Waals surface area contributed by atoms with Crippen molar-refractivity contribution in [2.75, 3.05) is 10.0 Å². The second-order valence-electron chi connectivity index (χ2n) is 5.79. The van der Waals surface area contributed by atoms with E-state index in [0.29, 0.717) is 16.4 Å². The number of hydrogen-bond acceptors (Lipinski definition) is 7. The summed E-state index contributed by atoms with van der Waals surface area (Å²) in [6, 6.07) is 10.7. The lowest BCUT2D eigenvalue weighted by molar-refractivity contribution is -0.387. The molecule has 1 heterocycles. The maximum Gasteiger partial charge on any atom is 0.290 e. The van der Waals surface area contributed by atoms with Crippen LogP contribution in [0.5, 0.6) is 0 Å². The molecule has 0 amide bonds. The molecule has 2 N–H and O–H groups in total. The Morgan fingerprint density at radius 2 is 1.81 bits per heavy atom. The van der Waals surface area contributed by atoms with E-state index in [2.05, 4.69) is 15.0 Å². The van der Waals surface area contributed by atoms with Crippen molar-refractivity contribution < 1.29 is 13.3 Å². The number of thiazole rings is 1. The minimum Gasteiger partial charge on any atom is -0.331 e. The standard InChI is InChI=1S/C17H16N4O4S2/c1-11-5-3-8-15(21(22)23)16(11)27(24,25)20-14-7-4-6-13(9-14)19-17-18-12(2)10-26-17/h3-10,20H,1-2H3,(H,18,19). The van der Waals surface area contributed by atoms with Crippen LogP contribution in [-0.2, 0) is 10.0 Å². The zero-order valence-corrected chi connectivity index (χ0v) is 16.1. The third-order valence-electron chi connectivity index (χ3n) is 3.64. The first-order valence-corrected chi connectivity index (χ1v) is 10.2. The Morgan fingerprint density at radius 1 is 1.11 bits per heavy atom. The first-order chi connectivity index (χ1) is 12.8. The van der Waals surface area contributed by atoms with E-state index < -0.39 is 20.6 Å². The summed E-state index contributed by atoms with van der Waals surface area (Å²) in [6.45, 7) is 3.39. The average molecular weight is 404 g/mol. The third-order valence-corrected chi connectivity index (χ3v) is 6.09. The Kier molecular flexibility index (Phi) is 5.10. The van der Waals surface area contributed by atoms with Crippen LogP contribution in [-0.4, -0.2) is 18.3 Å². The summed E-state index contributed by atoms with van der Waals surface area (Å²) in [4.78, 5) is 14.5. The SMILES string of the molecule is Cc1csc(Nc2cccc(NS(=O)(=O)c3c(C)cccc3[N+](=O)[O-])c2)n1. The first kappa shape index (κ1) is 18.8. The number of aromatic nitrogens is 1. The van der Waals surface area contributed by atoms with E-state index in [1.165, 1.54) is 36.5 Å². The summed E-state index contributed by atoms with van der Waals surface area (Å²) in [7, 11) is -4.14. The number of nitrogens with one attached hydrogen (secondary N) is 2. The number of sulfonamides is 1. The fourth-order valence-corrected chi connectivity index (χ4v) is 4.69. The van der Waals surface area contributed by atoms with E-state index in [4.69, 9.17) is 0 Å². The molecule has 2 aromatic carbocycles. The van der Waals surface area contributed by atoms with Crippen LogP contribution in [0.3, 0.4) is 0 Å². The minimum absolute atomic E-state index is 0.283. The van der Waals surface area contributed by atoms with E-state index in [0.717, 1.165) is 5.69 Å². The molecule has 8 nitrogen and oxygen atoms in total. The topological polar surface area (TPSA) is 114 Å². The number of nitro groups is 1. The van der Waals surface area contributed by atoms with Crippen molar-refractivity contribution in [2.24, 2.45) is 0 Å². The highest BCUT2D eigenvalue weighted by Gasteiger charge is 2.27. The Morgan fingerprint density at radius 3 is 2.48 bits per heavy atom. The van der Waals surface area contributed by atoms with Gasteiger partial charge >= 0.3 is 0 Å². The number of anilines is 3. The molecule has 3 rings (SSSR count). The normalized spacial score (nSPS) is 11.2. The van der Waals surface area contributed by atoms with Crippen molar-refractivity contribution in [3.63, 3.8) is 0 Å². The van der Waals surface area contributed by atoms with Gasteiger partial charge in [-0.3, -0.25) is 14.8 Å². The van der Waals surface area contributed by atoms with Gasteiger partial charge in [0.05, 0.1) is 16.3 Å². The van der Waals surface area contributed by atoms with Gasteiger partial charge < -0.3 is 5.32 Å². The lowest BCUT2D eigenvalue weighted by atomic mass is 10.2. The molecule has 140 valence electrons. The second kappa shape index (κ2) is 7.33. The molecule has 0 fully saturated rings. The Balaban J connectivity index is 1.91. The Hall–Kier alpha value is -2.98. The van der Waals surface area contributed by atoms with E-state index in [1.807, 2.05) is 12.3 Å². The zero-order valence-electron chi connectivity index (χ0n) is 14.5. The largest absolute Gasteiger partial charge is 0.331 e. The lowest BCUT2D eigenvalue weighted by Gasteiger charge is -2.12. The Bertz CT molecular complexity index is 1110. The number of aryl methyl sites for hydroxylation is 2. The van der Waals surface area contributed by atoms with Crippen molar-refractivity contribution in [3.8, 4) is 0 Å². The molecule has 10 heteroatoms. The van der Waals surface area contributed by atoms with Gasteiger partial charge in [0.15, 0.2) is 10.0 Å². The highest BCUT2D eigenvalue weighted by molar-refractivity contribution is 7.93. The van der Waals surface area contributed by atoms with Crippen LogP contribution in [0.4, 0.5) is 22.2 Å². The highest BCUT2D eigenvalue weighted by Crippen LogP contribution is 2.30. The zero-order chi connectivity index (χ0) is 19.6. The van der Waals surface area contributed by atoms with Crippen LogP contribution in [0.15, 0.2) is 52.7 Å². The first-order valence-electron chi connectivity index (χ1n) is 7.82. The molecular formula is C17H16N4O4S2. The van der Waals surface area contributed by atoms with E-state index >= 15 is 0 Å². The van der Waals surface area contributed by atoms with E-state index in [9.17, 15) is 18.5 Å². The lowest BCUT2D eigenvalue weighted by Crippen LogP contribution is -2.16. The van der Waals surface area contributed by atoms with Crippen molar-refractivity contribution in [1.82, 2.24) is 4.98 Å². The number of hydrogen-bond donors (Lipinski definition) is 2. The number of nitro benzene ring substituents is 1. The van der Waals surface area contributed by atoms with Gasteiger partial charge in [0.2, 0.25) is 0 Å².